The molecule has 0 unspecified atom stereocenters. The lowest BCUT2D eigenvalue weighted by Gasteiger charge is -2.26. The van der Waals surface area contributed by atoms with Gasteiger partial charge in [-0.25, -0.2) is 4.39 Å². The van der Waals surface area contributed by atoms with Crippen molar-refractivity contribution in [2.24, 2.45) is 0 Å². The normalized spacial score (nSPS) is 13.7. The summed E-state index contributed by atoms with van der Waals surface area (Å²) >= 11 is 0. The van der Waals surface area contributed by atoms with Crippen molar-refractivity contribution < 1.29 is 36.6 Å². The minimum absolute atomic E-state index is 0.139. The smallest absolute Gasteiger partial charge is 0.406 e. The lowest BCUT2D eigenvalue weighted by atomic mass is 10.1. The Kier molecular flexibility index (Phi) is 9.73. The standard InChI is InChI=1S/C24H27F4N7O4/c25-21-6-5-20(39-24(26,27)28)9-16(21)10-23(36)30-22-7-4-17(31-33-22)3-1-2-8-35-11-18(32-34-35)12-38-15-29-19-13-37-14-19/h4-7,9,11,19,29H,1-3,8,10,12-15H2,(H,30,33,36). The number of ether oxygens (including phenoxy) is 3. The number of aromatic nitrogens is 5. The Hall–Kier alpha value is -3.69. The number of anilines is 1. The second-order valence-corrected chi connectivity index (χ2v) is 8.80. The van der Waals surface area contributed by atoms with E-state index >= 15 is 0 Å². The molecule has 0 atom stereocenters. The molecule has 1 saturated heterocycles. The van der Waals surface area contributed by atoms with Gasteiger partial charge in [0.05, 0.1) is 50.9 Å². The number of benzene rings is 1. The van der Waals surface area contributed by atoms with Crippen LogP contribution in [0.25, 0.3) is 0 Å². The molecule has 210 valence electrons. The molecule has 0 aliphatic carbocycles. The summed E-state index contributed by atoms with van der Waals surface area (Å²) in [4.78, 5) is 12.2. The molecule has 3 aromatic rings. The SMILES string of the molecule is O=C(Cc1cc(OC(F)(F)F)ccc1F)Nc1ccc(CCCCn2cc(COCNC3COC3)nn2)nn1. The van der Waals surface area contributed by atoms with Crippen LogP contribution in [0, 0.1) is 5.82 Å². The highest BCUT2D eigenvalue weighted by atomic mass is 19.4. The van der Waals surface area contributed by atoms with Gasteiger partial charge in [-0.05, 0) is 49.6 Å². The average molecular weight is 554 g/mol. The Morgan fingerprint density at radius 3 is 2.67 bits per heavy atom. The molecule has 1 aliphatic rings. The number of halogens is 4. The summed E-state index contributed by atoms with van der Waals surface area (Å²) in [6.45, 7) is 2.89. The molecular formula is C24H27F4N7O4. The largest absolute Gasteiger partial charge is 0.573 e. The van der Waals surface area contributed by atoms with Crippen LogP contribution >= 0.6 is 0 Å². The molecule has 0 bridgehead atoms. The van der Waals surface area contributed by atoms with Gasteiger partial charge in [0.1, 0.15) is 17.3 Å². The fourth-order valence-corrected chi connectivity index (χ4v) is 3.58. The van der Waals surface area contributed by atoms with E-state index in [1.165, 1.54) is 0 Å². The van der Waals surface area contributed by atoms with Crippen molar-refractivity contribution in [3.8, 4) is 5.75 Å². The van der Waals surface area contributed by atoms with Gasteiger partial charge in [0.25, 0.3) is 0 Å². The van der Waals surface area contributed by atoms with Crippen molar-refractivity contribution in [2.75, 3.05) is 25.3 Å². The first-order chi connectivity index (χ1) is 18.7. The van der Waals surface area contributed by atoms with Crippen LogP contribution in [0.15, 0.2) is 36.5 Å². The van der Waals surface area contributed by atoms with Crippen molar-refractivity contribution >= 4 is 11.7 Å². The van der Waals surface area contributed by atoms with Crippen LogP contribution in [-0.4, -0.2) is 63.4 Å². The van der Waals surface area contributed by atoms with Crippen LogP contribution < -0.4 is 15.4 Å². The number of nitrogens with one attached hydrogen (secondary N) is 2. The van der Waals surface area contributed by atoms with Crippen molar-refractivity contribution in [3.63, 3.8) is 0 Å². The molecule has 4 rings (SSSR count). The number of carbonyl (C=O) groups excluding carboxylic acids is 1. The summed E-state index contributed by atoms with van der Waals surface area (Å²) in [6.07, 6.45) is -1.29. The molecule has 1 fully saturated rings. The molecule has 3 heterocycles. The average Bonchev–Trinajstić information content (AvgIpc) is 3.30. The van der Waals surface area contributed by atoms with Crippen molar-refractivity contribution in [3.05, 3.63) is 59.3 Å². The molecule has 11 nitrogen and oxygen atoms in total. The van der Waals surface area contributed by atoms with E-state index in [4.69, 9.17) is 9.47 Å². The lowest BCUT2D eigenvalue weighted by molar-refractivity contribution is -0.274. The monoisotopic (exact) mass is 553 g/mol. The molecule has 2 N–H and O–H groups in total. The van der Waals surface area contributed by atoms with Gasteiger partial charge in [0.2, 0.25) is 5.91 Å². The number of nitrogens with zero attached hydrogens (tertiary/aromatic N) is 5. The Labute approximate surface area is 220 Å². The fraction of sp³-hybridized carbons (Fsp3) is 0.458. The van der Waals surface area contributed by atoms with E-state index in [1.54, 1.807) is 16.8 Å². The molecule has 1 aliphatic heterocycles. The number of alkyl halides is 3. The minimum atomic E-state index is -4.92. The molecule has 39 heavy (non-hydrogen) atoms. The number of aryl methyl sites for hydroxylation is 2. The summed E-state index contributed by atoms with van der Waals surface area (Å²) in [6, 6.07) is 6.08. The molecule has 2 aromatic heterocycles. The van der Waals surface area contributed by atoms with E-state index in [9.17, 15) is 22.4 Å². The van der Waals surface area contributed by atoms with Crippen LogP contribution in [0.4, 0.5) is 23.4 Å². The van der Waals surface area contributed by atoms with E-state index in [1.807, 2.05) is 6.20 Å². The predicted octanol–water partition coefficient (Wildman–Crippen LogP) is 2.77. The van der Waals surface area contributed by atoms with Crippen molar-refractivity contribution in [2.45, 2.75) is 51.2 Å². The molecule has 15 heteroatoms. The molecular weight excluding hydrogens is 526 g/mol. The Morgan fingerprint density at radius 2 is 1.95 bits per heavy atom. The number of hydrogen-bond donors (Lipinski definition) is 2. The molecule has 1 amide bonds. The molecule has 1 aromatic carbocycles. The lowest BCUT2D eigenvalue weighted by Crippen LogP contribution is -2.46. The highest BCUT2D eigenvalue weighted by molar-refractivity contribution is 5.91. The third-order valence-electron chi connectivity index (χ3n) is 5.61. The predicted molar refractivity (Wildman–Crippen MR) is 128 cm³/mol. The van der Waals surface area contributed by atoms with E-state index < -0.39 is 30.3 Å². The number of hydrogen-bond acceptors (Lipinski definition) is 9. The van der Waals surface area contributed by atoms with Crippen LogP contribution in [0.2, 0.25) is 0 Å². The van der Waals surface area contributed by atoms with Crippen LogP contribution in [-0.2, 0) is 40.3 Å². The summed E-state index contributed by atoms with van der Waals surface area (Å²) in [5, 5.41) is 21.9. The molecule has 0 saturated carbocycles. The van der Waals surface area contributed by atoms with Crippen molar-refractivity contribution in [1.29, 1.82) is 0 Å². The number of rotatable bonds is 14. The second-order valence-electron chi connectivity index (χ2n) is 8.80. The Bertz CT molecular complexity index is 1220. The Morgan fingerprint density at radius 1 is 1.10 bits per heavy atom. The van der Waals surface area contributed by atoms with E-state index in [0.29, 0.717) is 51.3 Å². The summed E-state index contributed by atoms with van der Waals surface area (Å²) < 4.78 is 67.2. The minimum Gasteiger partial charge on any atom is -0.406 e. The highest BCUT2D eigenvalue weighted by Crippen LogP contribution is 2.25. The summed E-state index contributed by atoms with van der Waals surface area (Å²) in [5.74, 6) is -1.97. The maximum absolute atomic E-state index is 13.9. The zero-order valence-electron chi connectivity index (χ0n) is 20.8. The van der Waals surface area contributed by atoms with Crippen LogP contribution in [0.5, 0.6) is 5.75 Å². The highest BCUT2D eigenvalue weighted by Gasteiger charge is 2.31. The molecule has 0 spiro atoms. The van der Waals surface area contributed by atoms with Gasteiger partial charge in [-0.1, -0.05) is 5.21 Å². The second kappa shape index (κ2) is 13.4. The number of carbonyl (C=O) groups is 1. The fourth-order valence-electron chi connectivity index (χ4n) is 3.58. The van der Waals surface area contributed by atoms with Gasteiger partial charge < -0.3 is 19.5 Å². The van der Waals surface area contributed by atoms with E-state index in [2.05, 4.69) is 35.9 Å². The van der Waals surface area contributed by atoms with Crippen LogP contribution in [0.1, 0.15) is 29.8 Å². The van der Waals surface area contributed by atoms with Gasteiger partial charge in [-0.15, -0.1) is 23.4 Å². The first-order valence-corrected chi connectivity index (χ1v) is 12.2. The maximum atomic E-state index is 13.9. The topological polar surface area (TPSA) is 125 Å². The van der Waals surface area contributed by atoms with Gasteiger partial charge in [-0.3, -0.25) is 14.8 Å². The summed E-state index contributed by atoms with van der Waals surface area (Å²) in [7, 11) is 0. The first kappa shape index (κ1) is 28.3. The van der Waals surface area contributed by atoms with Gasteiger partial charge in [0, 0.05) is 12.1 Å². The van der Waals surface area contributed by atoms with Gasteiger partial charge in [-0.2, -0.15) is 5.10 Å². The quantitative estimate of drug-likeness (QED) is 0.176. The number of unbranched alkanes of at least 4 members (excludes halogenated alkanes) is 1. The maximum Gasteiger partial charge on any atom is 0.573 e. The van der Waals surface area contributed by atoms with Crippen LogP contribution in [0.3, 0.4) is 0 Å². The first-order valence-electron chi connectivity index (χ1n) is 12.2. The summed E-state index contributed by atoms with van der Waals surface area (Å²) in [5.41, 5.74) is 1.21. The van der Waals surface area contributed by atoms with E-state index in [0.717, 1.165) is 36.7 Å². The zero-order valence-corrected chi connectivity index (χ0v) is 20.8. The van der Waals surface area contributed by atoms with Crippen molar-refractivity contribution in [1.82, 2.24) is 30.5 Å². The third kappa shape index (κ3) is 9.53. The zero-order chi connectivity index (χ0) is 27.7. The number of amides is 1. The van der Waals surface area contributed by atoms with Gasteiger partial charge in [0.15, 0.2) is 5.82 Å². The Balaban J connectivity index is 1.14. The molecule has 0 radical (unpaired) electrons. The van der Waals surface area contributed by atoms with E-state index in [-0.39, 0.29) is 11.4 Å². The van der Waals surface area contributed by atoms with Gasteiger partial charge >= 0.3 is 6.36 Å². The third-order valence-corrected chi connectivity index (χ3v) is 5.61.